The van der Waals surface area contributed by atoms with E-state index in [0.29, 0.717) is 5.92 Å². The first-order valence-electron chi connectivity index (χ1n) is 6.86. The number of rotatable bonds is 2. The summed E-state index contributed by atoms with van der Waals surface area (Å²) >= 11 is 0. The predicted octanol–water partition coefficient (Wildman–Crippen LogP) is 2.09. The second-order valence-corrected chi connectivity index (χ2v) is 5.43. The first kappa shape index (κ1) is 15.2. The minimum absolute atomic E-state index is 0.0509. The number of nitrogens with zero attached hydrogens (tertiary/aromatic N) is 2. The number of aromatic nitrogens is 2. The molecule has 2 N–H and O–H groups in total. The molecule has 0 aromatic carbocycles. The van der Waals surface area contributed by atoms with E-state index in [1.165, 1.54) is 17.0 Å². The van der Waals surface area contributed by atoms with E-state index in [0.717, 1.165) is 25.9 Å². The average molecular weight is 253 g/mol. The summed E-state index contributed by atoms with van der Waals surface area (Å²) < 4.78 is 0. The number of β-amino-alcohol motifs (C(OH)–C–C–N with tert-alkyl or cyclic N) is 1. The molecular weight excluding hydrogens is 226 g/mol. The Morgan fingerprint density at radius 1 is 1.50 bits per heavy atom. The molecule has 2 rings (SSSR count). The third-order valence-electron chi connectivity index (χ3n) is 3.37. The van der Waals surface area contributed by atoms with E-state index in [1.54, 1.807) is 0 Å². The van der Waals surface area contributed by atoms with Gasteiger partial charge in [0.15, 0.2) is 0 Å². The summed E-state index contributed by atoms with van der Waals surface area (Å²) in [7, 11) is 2.02. The number of aryl methyl sites for hydroxylation is 1. The third kappa shape index (κ3) is 4.10. The Bertz CT molecular complexity index is 352. The molecular formula is C14H27N3O. The van der Waals surface area contributed by atoms with Gasteiger partial charge in [0, 0.05) is 18.8 Å². The minimum atomic E-state index is -0.0509. The maximum absolute atomic E-state index is 8.86. The molecule has 1 fully saturated rings. The summed E-state index contributed by atoms with van der Waals surface area (Å²) in [6.07, 6.45) is 1.98. The van der Waals surface area contributed by atoms with Crippen LogP contribution in [0.5, 0.6) is 0 Å². The van der Waals surface area contributed by atoms with Gasteiger partial charge in [-0.1, -0.05) is 20.8 Å². The largest absolute Gasteiger partial charge is 0.392 e. The first-order valence-corrected chi connectivity index (χ1v) is 6.86. The van der Waals surface area contributed by atoms with Crippen LogP contribution in [0.2, 0.25) is 0 Å². The molecule has 0 amide bonds. The molecule has 1 aliphatic heterocycles. The monoisotopic (exact) mass is 253 g/mol. The summed E-state index contributed by atoms with van der Waals surface area (Å²) in [6, 6.07) is 0. The van der Waals surface area contributed by atoms with Crippen molar-refractivity contribution in [3.05, 3.63) is 17.0 Å². The van der Waals surface area contributed by atoms with Crippen LogP contribution in [0.15, 0.2) is 0 Å². The first-order chi connectivity index (χ1) is 8.45. The van der Waals surface area contributed by atoms with Crippen LogP contribution < -0.4 is 0 Å². The summed E-state index contributed by atoms with van der Waals surface area (Å²) in [6.45, 7) is 10.5. The number of hydrogen-bond donors (Lipinski definition) is 2. The van der Waals surface area contributed by atoms with Crippen molar-refractivity contribution in [1.29, 1.82) is 0 Å². The zero-order valence-electron chi connectivity index (χ0n) is 12.3. The van der Waals surface area contributed by atoms with Gasteiger partial charge in [-0.15, -0.1) is 0 Å². The van der Waals surface area contributed by atoms with Crippen molar-refractivity contribution in [2.45, 2.75) is 52.6 Å². The number of aliphatic hydroxyl groups is 1. The number of hydrogen-bond acceptors (Lipinski definition) is 3. The quantitative estimate of drug-likeness (QED) is 0.848. The van der Waals surface area contributed by atoms with Gasteiger partial charge >= 0.3 is 0 Å². The van der Waals surface area contributed by atoms with E-state index in [2.05, 4.69) is 42.8 Å². The van der Waals surface area contributed by atoms with Gasteiger partial charge in [0.2, 0.25) is 0 Å². The van der Waals surface area contributed by atoms with E-state index in [4.69, 9.17) is 5.11 Å². The van der Waals surface area contributed by atoms with Crippen molar-refractivity contribution in [2.75, 3.05) is 20.1 Å². The zero-order chi connectivity index (χ0) is 13.7. The van der Waals surface area contributed by atoms with Crippen LogP contribution in [0.3, 0.4) is 0 Å². The SMILES string of the molecule is CCc1c(C(C)C)n[nH]c1C.CN1CCC(O)C1. The third-order valence-corrected chi connectivity index (χ3v) is 3.37. The molecule has 2 heterocycles. The Balaban J connectivity index is 0.000000199. The van der Waals surface area contributed by atoms with Gasteiger partial charge < -0.3 is 10.0 Å². The number of likely N-dealkylation sites (tertiary alicyclic amines) is 1. The predicted molar refractivity (Wildman–Crippen MR) is 74.9 cm³/mol. The molecule has 4 nitrogen and oxygen atoms in total. The van der Waals surface area contributed by atoms with Gasteiger partial charge in [-0.2, -0.15) is 5.10 Å². The summed E-state index contributed by atoms with van der Waals surface area (Å²) in [4.78, 5) is 2.13. The molecule has 1 atom stereocenters. The Hall–Kier alpha value is -0.870. The Labute approximate surface area is 110 Å². The summed E-state index contributed by atoms with van der Waals surface area (Å²) in [5.74, 6) is 0.537. The van der Waals surface area contributed by atoms with Gasteiger partial charge in [0.05, 0.1) is 11.8 Å². The second-order valence-electron chi connectivity index (χ2n) is 5.43. The van der Waals surface area contributed by atoms with Crippen LogP contribution in [0.25, 0.3) is 0 Å². The molecule has 4 heteroatoms. The standard InChI is InChI=1S/C9H16N2.C5H11NO/c1-5-8-7(4)10-11-9(8)6(2)3;1-6-3-2-5(7)4-6/h6H,5H2,1-4H3,(H,10,11);5,7H,2-4H2,1H3. The van der Waals surface area contributed by atoms with Crippen LogP contribution >= 0.6 is 0 Å². The van der Waals surface area contributed by atoms with Crippen LogP contribution in [0, 0.1) is 6.92 Å². The summed E-state index contributed by atoms with van der Waals surface area (Å²) in [5.41, 5.74) is 3.83. The molecule has 1 aliphatic rings. The molecule has 0 bridgehead atoms. The van der Waals surface area contributed by atoms with Gasteiger partial charge in [-0.3, -0.25) is 5.10 Å². The van der Waals surface area contributed by atoms with Gasteiger partial charge in [-0.05, 0) is 38.3 Å². The summed E-state index contributed by atoms with van der Waals surface area (Å²) in [5, 5.41) is 16.1. The molecule has 104 valence electrons. The van der Waals surface area contributed by atoms with Gasteiger partial charge in [-0.25, -0.2) is 0 Å². The lowest BCUT2D eigenvalue weighted by Gasteiger charge is -2.02. The fourth-order valence-electron chi connectivity index (χ4n) is 2.31. The van der Waals surface area contributed by atoms with Crippen molar-refractivity contribution in [2.24, 2.45) is 0 Å². The lowest BCUT2D eigenvalue weighted by atomic mass is 10.0. The maximum Gasteiger partial charge on any atom is 0.0682 e. The molecule has 1 aromatic rings. The highest BCUT2D eigenvalue weighted by atomic mass is 16.3. The minimum Gasteiger partial charge on any atom is -0.392 e. The molecule has 0 aliphatic carbocycles. The lowest BCUT2D eigenvalue weighted by Crippen LogP contribution is -2.15. The topological polar surface area (TPSA) is 52.2 Å². The highest BCUT2D eigenvalue weighted by molar-refractivity contribution is 5.26. The molecule has 0 spiro atoms. The van der Waals surface area contributed by atoms with Gasteiger partial charge in [0.1, 0.15) is 0 Å². The number of aliphatic hydroxyl groups excluding tert-OH is 1. The Morgan fingerprint density at radius 2 is 2.17 bits per heavy atom. The highest BCUT2D eigenvalue weighted by Gasteiger charge is 2.15. The van der Waals surface area contributed by atoms with E-state index in [1.807, 2.05) is 7.05 Å². The van der Waals surface area contributed by atoms with Crippen LogP contribution in [-0.4, -0.2) is 46.4 Å². The fourth-order valence-corrected chi connectivity index (χ4v) is 2.31. The number of nitrogens with one attached hydrogen (secondary N) is 1. The molecule has 0 saturated carbocycles. The van der Waals surface area contributed by atoms with Crippen molar-refractivity contribution < 1.29 is 5.11 Å². The van der Waals surface area contributed by atoms with Crippen molar-refractivity contribution in [3.8, 4) is 0 Å². The van der Waals surface area contributed by atoms with Crippen LogP contribution in [0.4, 0.5) is 0 Å². The van der Waals surface area contributed by atoms with E-state index in [9.17, 15) is 0 Å². The smallest absolute Gasteiger partial charge is 0.0682 e. The molecule has 18 heavy (non-hydrogen) atoms. The number of likely N-dealkylation sites (N-methyl/N-ethyl adjacent to an activating group) is 1. The molecule has 1 unspecified atom stereocenters. The van der Waals surface area contributed by atoms with Crippen LogP contribution in [-0.2, 0) is 6.42 Å². The number of aromatic amines is 1. The normalized spacial score (nSPS) is 20.1. The van der Waals surface area contributed by atoms with Gasteiger partial charge in [0.25, 0.3) is 0 Å². The average Bonchev–Trinajstić information content (AvgIpc) is 2.85. The lowest BCUT2D eigenvalue weighted by molar-refractivity contribution is 0.183. The van der Waals surface area contributed by atoms with Crippen molar-refractivity contribution in [1.82, 2.24) is 15.1 Å². The van der Waals surface area contributed by atoms with E-state index >= 15 is 0 Å². The molecule has 1 aromatic heterocycles. The molecule has 1 saturated heterocycles. The van der Waals surface area contributed by atoms with Crippen molar-refractivity contribution >= 4 is 0 Å². The van der Waals surface area contributed by atoms with E-state index in [-0.39, 0.29) is 6.10 Å². The number of H-pyrrole nitrogens is 1. The van der Waals surface area contributed by atoms with Crippen LogP contribution in [0.1, 0.15) is 50.1 Å². The Kier molecular flexibility index (Phi) is 5.82. The Morgan fingerprint density at radius 3 is 2.44 bits per heavy atom. The maximum atomic E-state index is 8.86. The molecule has 0 radical (unpaired) electrons. The fraction of sp³-hybridized carbons (Fsp3) is 0.786. The highest BCUT2D eigenvalue weighted by Crippen LogP contribution is 2.19. The van der Waals surface area contributed by atoms with Crippen molar-refractivity contribution in [3.63, 3.8) is 0 Å². The van der Waals surface area contributed by atoms with E-state index < -0.39 is 0 Å². The zero-order valence-corrected chi connectivity index (χ0v) is 12.3. The second kappa shape index (κ2) is 6.90.